The summed E-state index contributed by atoms with van der Waals surface area (Å²) in [5.74, 6) is -0.735. The van der Waals surface area contributed by atoms with Gasteiger partial charge in [-0.05, 0) is 54.3 Å². The number of rotatable bonds is 12. The van der Waals surface area contributed by atoms with Crippen molar-refractivity contribution >= 4 is 43.5 Å². The van der Waals surface area contributed by atoms with E-state index in [1.807, 2.05) is 68.4 Å². The van der Waals surface area contributed by atoms with E-state index in [-0.39, 0.29) is 12.5 Å². The molecule has 0 saturated carbocycles. The quantitative estimate of drug-likeness (QED) is 0.327. The highest BCUT2D eigenvalue weighted by Crippen LogP contribution is 2.23. The zero-order valence-electron chi connectivity index (χ0n) is 21.9. The lowest BCUT2D eigenvalue weighted by Crippen LogP contribution is -2.53. The standard InChI is InChI=1S/C29H34BrN3O4S/c1-4-18-31-29(35)27(19-23-11-6-5-7-12-23)32(20-24-13-9-8-10-22(24)2)28(34)21-33(38(3,36)37)26-16-14-25(30)15-17-26/h5-17,27H,4,18-21H2,1-3H3,(H,31,35)/t27-/m0/s1. The normalized spacial score (nSPS) is 12.0. The van der Waals surface area contributed by atoms with Gasteiger partial charge in [0.2, 0.25) is 21.8 Å². The average molecular weight is 601 g/mol. The van der Waals surface area contributed by atoms with Crippen LogP contribution >= 0.6 is 15.9 Å². The van der Waals surface area contributed by atoms with Crippen molar-refractivity contribution in [3.05, 3.63) is 100 Å². The average Bonchev–Trinajstić information content (AvgIpc) is 2.89. The van der Waals surface area contributed by atoms with Gasteiger partial charge in [0.1, 0.15) is 12.6 Å². The van der Waals surface area contributed by atoms with E-state index < -0.39 is 28.5 Å². The highest BCUT2D eigenvalue weighted by atomic mass is 79.9. The fraction of sp³-hybridized carbons (Fsp3) is 0.310. The van der Waals surface area contributed by atoms with Crippen molar-refractivity contribution in [3.8, 4) is 0 Å². The number of halogens is 1. The zero-order chi connectivity index (χ0) is 27.7. The molecule has 2 amide bonds. The SMILES string of the molecule is CCCNC(=O)[C@H](Cc1ccccc1)N(Cc1ccccc1C)C(=O)CN(c1ccc(Br)cc1)S(C)(=O)=O. The minimum absolute atomic E-state index is 0.167. The zero-order valence-corrected chi connectivity index (χ0v) is 24.3. The molecule has 3 rings (SSSR count). The van der Waals surface area contributed by atoms with Crippen LogP contribution in [0.4, 0.5) is 5.69 Å². The van der Waals surface area contributed by atoms with Gasteiger partial charge in [0.15, 0.2) is 0 Å². The van der Waals surface area contributed by atoms with Gasteiger partial charge in [-0.1, -0.05) is 77.5 Å². The van der Waals surface area contributed by atoms with E-state index in [0.29, 0.717) is 18.7 Å². The molecule has 0 bridgehead atoms. The molecule has 9 heteroatoms. The number of carbonyl (C=O) groups is 2. The first-order valence-electron chi connectivity index (χ1n) is 12.5. The molecule has 3 aromatic carbocycles. The number of nitrogens with zero attached hydrogens (tertiary/aromatic N) is 2. The number of nitrogens with one attached hydrogen (secondary N) is 1. The van der Waals surface area contributed by atoms with E-state index in [2.05, 4.69) is 21.2 Å². The number of sulfonamides is 1. The Morgan fingerprint density at radius 3 is 2.18 bits per heavy atom. The first kappa shape index (κ1) is 29.4. The minimum Gasteiger partial charge on any atom is -0.354 e. The van der Waals surface area contributed by atoms with Crippen LogP contribution in [0.5, 0.6) is 0 Å². The summed E-state index contributed by atoms with van der Waals surface area (Å²) in [4.78, 5) is 29.0. The van der Waals surface area contributed by atoms with Gasteiger partial charge >= 0.3 is 0 Å². The molecule has 3 aromatic rings. The Morgan fingerprint density at radius 2 is 1.58 bits per heavy atom. The third kappa shape index (κ3) is 8.16. The molecule has 0 aliphatic heterocycles. The van der Waals surface area contributed by atoms with Crippen molar-refractivity contribution in [2.45, 2.75) is 39.3 Å². The van der Waals surface area contributed by atoms with Gasteiger partial charge in [0, 0.05) is 24.0 Å². The number of benzene rings is 3. The van der Waals surface area contributed by atoms with Gasteiger partial charge in [-0.15, -0.1) is 0 Å². The largest absolute Gasteiger partial charge is 0.354 e. The maximum atomic E-state index is 14.0. The second-order valence-corrected chi connectivity index (χ2v) is 12.0. The summed E-state index contributed by atoms with van der Waals surface area (Å²) in [7, 11) is -3.79. The summed E-state index contributed by atoms with van der Waals surface area (Å²) in [6.07, 6.45) is 2.12. The van der Waals surface area contributed by atoms with Crippen LogP contribution in [0.25, 0.3) is 0 Å². The molecule has 0 aliphatic rings. The predicted molar refractivity (Wildman–Crippen MR) is 155 cm³/mol. The molecule has 0 spiro atoms. The van der Waals surface area contributed by atoms with Crippen molar-refractivity contribution in [1.29, 1.82) is 0 Å². The first-order chi connectivity index (χ1) is 18.1. The molecule has 1 N–H and O–H groups in total. The van der Waals surface area contributed by atoms with Crippen molar-refractivity contribution < 1.29 is 18.0 Å². The van der Waals surface area contributed by atoms with Crippen molar-refractivity contribution in [2.24, 2.45) is 0 Å². The number of anilines is 1. The van der Waals surface area contributed by atoms with Crippen LogP contribution in [0.2, 0.25) is 0 Å². The summed E-state index contributed by atoms with van der Waals surface area (Å²) >= 11 is 3.36. The number of amides is 2. The van der Waals surface area contributed by atoms with Gasteiger partial charge in [0.05, 0.1) is 11.9 Å². The van der Waals surface area contributed by atoms with E-state index in [0.717, 1.165) is 38.1 Å². The van der Waals surface area contributed by atoms with Crippen LogP contribution in [-0.4, -0.2) is 50.5 Å². The molecular weight excluding hydrogens is 566 g/mol. The number of hydrogen-bond donors (Lipinski definition) is 1. The van der Waals surface area contributed by atoms with Crippen LogP contribution in [0.3, 0.4) is 0 Å². The Balaban J connectivity index is 2.04. The Kier molecular flexibility index (Phi) is 10.5. The lowest BCUT2D eigenvalue weighted by atomic mass is 10.0. The van der Waals surface area contributed by atoms with E-state index in [4.69, 9.17) is 0 Å². The van der Waals surface area contributed by atoms with Crippen LogP contribution in [-0.2, 0) is 32.6 Å². The number of aryl methyl sites for hydroxylation is 1. The molecule has 0 unspecified atom stereocenters. The molecular formula is C29H34BrN3O4S. The summed E-state index contributed by atoms with van der Waals surface area (Å²) < 4.78 is 27.4. The lowest BCUT2D eigenvalue weighted by Gasteiger charge is -2.34. The molecule has 0 aliphatic carbocycles. The van der Waals surface area contributed by atoms with Crippen molar-refractivity contribution in [1.82, 2.24) is 10.2 Å². The maximum absolute atomic E-state index is 14.0. The van der Waals surface area contributed by atoms with Crippen LogP contribution in [0.15, 0.2) is 83.3 Å². The Hall–Kier alpha value is -3.17. The third-order valence-corrected chi connectivity index (χ3v) is 7.89. The van der Waals surface area contributed by atoms with Gasteiger partial charge in [-0.3, -0.25) is 13.9 Å². The fourth-order valence-electron chi connectivity index (χ4n) is 4.11. The summed E-state index contributed by atoms with van der Waals surface area (Å²) in [5, 5.41) is 2.94. The highest BCUT2D eigenvalue weighted by Gasteiger charge is 2.33. The smallest absolute Gasteiger partial charge is 0.244 e. The van der Waals surface area contributed by atoms with Gasteiger partial charge in [0.25, 0.3) is 0 Å². The Morgan fingerprint density at radius 1 is 0.947 bits per heavy atom. The monoisotopic (exact) mass is 599 g/mol. The van der Waals surface area contributed by atoms with E-state index >= 15 is 0 Å². The second kappa shape index (κ2) is 13.6. The highest BCUT2D eigenvalue weighted by molar-refractivity contribution is 9.10. The second-order valence-electron chi connectivity index (χ2n) is 9.19. The Bertz CT molecular complexity index is 1330. The molecule has 38 heavy (non-hydrogen) atoms. The molecule has 0 radical (unpaired) electrons. The van der Waals surface area contributed by atoms with E-state index in [9.17, 15) is 18.0 Å². The Labute approximate surface area is 234 Å². The molecule has 202 valence electrons. The van der Waals surface area contributed by atoms with Crippen LogP contribution in [0.1, 0.15) is 30.0 Å². The summed E-state index contributed by atoms with van der Waals surface area (Å²) in [6, 6.07) is 23.1. The molecule has 0 aromatic heterocycles. The van der Waals surface area contributed by atoms with E-state index in [1.165, 1.54) is 4.90 Å². The number of carbonyl (C=O) groups excluding carboxylic acids is 2. The summed E-state index contributed by atoms with van der Waals surface area (Å²) in [6.45, 7) is 4.13. The number of hydrogen-bond acceptors (Lipinski definition) is 4. The van der Waals surface area contributed by atoms with Gasteiger partial charge in [-0.25, -0.2) is 8.42 Å². The van der Waals surface area contributed by atoms with Crippen LogP contribution < -0.4 is 9.62 Å². The molecule has 7 nitrogen and oxygen atoms in total. The van der Waals surface area contributed by atoms with E-state index in [1.54, 1.807) is 24.3 Å². The third-order valence-electron chi connectivity index (χ3n) is 6.22. The molecule has 1 atom stereocenters. The van der Waals surface area contributed by atoms with Gasteiger partial charge in [-0.2, -0.15) is 0 Å². The molecule has 0 heterocycles. The molecule has 0 fully saturated rings. The first-order valence-corrected chi connectivity index (χ1v) is 15.1. The van der Waals surface area contributed by atoms with Crippen molar-refractivity contribution in [2.75, 3.05) is 23.7 Å². The minimum atomic E-state index is -3.79. The lowest BCUT2D eigenvalue weighted by molar-refractivity contribution is -0.140. The van der Waals surface area contributed by atoms with Crippen LogP contribution in [0, 0.1) is 6.92 Å². The fourth-order valence-corrected chi connectivity index (χ4v) is 5.23. The summed E-state index contributed by atoms with van der Waals surface area (Å²) in [5.41, 5.74) is 3.14. The molecule has 0 saturated heterocycles. The predicted octanol–water partition coefficient (Wildman–Crippen LogP) is 4.69. The van der Waals surface area contributed by atoms with Gasteiger partial charge < -0.3 is 10.2 Å². The topological polar surface area (TPSA) is 86.8 Å². The van der Waals surface area contributed by atoms with Crippen molar-refractivity contribution in [3.63, 3.8) is 0 Å². The maximum Gasteiger partial charge on any atom is 0.244 e.